The number of nitrogens with zero attached hydrogens (tertiary/aromatic N) is 2. The van der Waals surface area contributed by atoms with Gasteiger partial charge in [0.25, 0.3) is 5.91 Å². The van der Waals surface area contributed by atoms with Crippen LogP contribution in [0.1, 0.15) is 11.1 Å². The van der Waals surface area contributed by atoms with Crippen LogP contribution >= 0.6 is 11.8 Å². The van der Waals surface area contributed by atoms with Crippen LogP contribution in [0.2, 0.25) is 0 Å². The number of carbonyl (C=O) groups excluding carboxylic acids is 1. The third-order valence-corrected chi connectivity index (χ3v) is 4.63. The molecule has 1 heterocycles. The van der Waals surface area contributed by atoms with Crippen molar-refractivity contribution < 1.29 is 4.79 Å². The van der Waals surface area contributed by atoms with Gasteiger partial charge in [-0.1, -0.05) is 72.4 Å². The molecule has 1 amide bonds. The zero-order valence-electron chi connectivity index (χ0n) is 12.8. The number of thioether (sulfide) groups is 1. The Hall–Kier alpha value is -2.97. The van der Waals surface area contributed by atoms with Crippen LogP contribution in [0.5, 0.6) is 0 Å². The summed E-state index contributed by atoms with van der Waals surface area (Å²) in [4.78, 5) is 13.6. The fourth-order valence-corrected chi connectivity index (χ4v) is 3.55. The maximum Gasteiger partial charge on any atom is 0.262 e. The normalized spacial score (nSPS) is 15.6. The van der Waals surface area contributed by atoms with Crippen molar-refractivity contribution in [3.05, 3.63) is 87.8 Å². The molecule has 0 bridgehead atoms. The minimum Gasteiger partial charge on any atom is -0.365 e. The molecule has 2 aromatic rings. The van der Waals surface area contributed by atoms with Crippen molar-refractivity contribution in [2.75, 3.05) is 0 Å². The van der Waals surface area contributed by atoms with E-state index in [4.69, 9.17) is 5.73 Å². The lowest BCUT2D eigenvalue weighted by Gasteiger charge is -2.24. The number of rotatable bonds is 4. The molecule has 0 saturated carbocycles. The summed E-state index contributed by atoms with van der Waals surface area (Å²) in [6.07, 6.45) is 0. The van der Waals surface area contributed by atoms with Crippen LogP contribution in [0, 0.1) is 11.3 Å². The van der Waals surface area contributed by atoms with Crippen molar-refractivity contribution in [2.45, 2.75) is 6.54 Å². The zero-order chi connectivity index (χ0) is 16.9. The molecule has 1 aliphatic heterocycles. The number of benzene rings is 2. The number of nitrogens with two attached hydrogens (primary N) is 1. The summed E-state index contributed by atoms with van der Waals surface area (Å²) in [6.45, 7) is 0.558. The molecule has 4 nitrogen and oxygen atoms in total. The fraction of sp³-hybridized carbons (Fsp3) is 0.0526. The Bertz CT molecular complexity index is 851. The largest absolute Gasteiger partial charge is 0.365 e. The van der Waals surface area contributed by atoms with Gasteiger partial charge >= 0.3 is 0 Å². The Morgan fingerprint density at radius 3 is 2.29 bits per heavy atom. The number of nitriles is 1. The Morgan fingerprint density at radius 2 is 1.71 bits per heavy atom. The number of hydrogen-bond acceptors (Lipinski definition) is 4. The van der Waals surface area contributed by atoms with Gasteiger partial charge in [0.1, 0.15) is 16.7 Å². The van der Waals surface area contributed by atoms with Crippen LogP contribution in [0.3, 0.4) is 0 Å². The van der Waals surface area contributed by atoms with Gasteiger partial charge in [-0.15, -0.1) is 0 Å². The lowest BCUT2D eigenvalue weighted by molar-refractivity contribution is -0.114. The topological polar surface area (TPSA) is 70.1 Å². The highest BCUT2D eigenvalue weighted by Crippen LogP contribution is 2.42. The molecule has 5 heteroatoms. The summed E-state index contributed by atoms with van der Waals surface area (Å²) in [7, 11) is 0. The van der Waals surface area contributed by atoms with Crippen molar-refractivity contribution >= 4 is 23.4 Å². The second kappa shape index (κ2) is 7.07. The van der Waals surface area contributed by atoms with E-state index in [1.165, 1.54) is 11.8 Å². The summed E-state index contributed by atoms with van der Waals surface area (Å²) in [6, 6.07) is 21.7. The third-order valence-electron chi connectivity index (χ3n) is 3.64. The zero-order valence-corrected chi connectivity index (χ0v) is 13.7. The molecule has 2 aromatic carbocycles. The summed E-state index contributed by atoms with van der Waals surface area (Å²) < 4.78 is 0. The van der Waals surface area contributed by atoms with Crippen molar-refractivity contribution in [3.8, 4) is 6.07 Å². The van der Waals surface area contributed by atoms with E-state index in [9.17, 15) is 10.1 Å². The monoisotopic (exact) mass is 333 g/mol. The van der Waals surface area contributed by atoms with Gasteiger partial charge < -0.3 is 10.6 Å². The van der Waals surface area contributed by atoms with Gasteiger partial charge in [-0.2, -0.15) is 5.26 Å². The highest BCUT2D eigenvalue weighted by molar-refractivity contribution is 8.06. The highest BCUT2D eigenvalue weighted by atomic mass is 32.2. The molecule has 1 aliphatic rings. The Morgan fingerprint density at radius 1 is 1.08 bits per heavy atom. The molecule has 3 rings (SSSR count). The van der Waals surface area contributed by atoms with Crippen molar-refractivity contribution in [1.29, 1.82) is 5.26 Å². The van der Waals surface area contributed by atoms with E-state index in [2.05, 4.69) is 0 Å². The first-order valence-corrected chi connectivity index (χ1v) is 8.26. The standard InChI is InChI=1S/C19H15N3OS/c20-11-16(18(21)23)19-22(12-14-7-3-1-4-8-14)17(13-24-19)15-9-5-2-6-10-15/h1-10,13H,12H2,(H2,21,23)/b19-16-. The van der Waals surface area contributed by atoms with Gasteiger partial charge in [-0.25, -0.2) is 0 Å². The minimum absolute atomic E-state index is 0.0156. The Labute approximate surface area is 144 Å². The fourth-order valence-electron chi connectivity index (χ4n) is 2.51. The van der Waals surface area contributed by atoms with Crippen molar-refractivity contribution in [1.82, 2.24) is 4.90 Å². The first-order chi connectivity index (χ1) is 11.7. The quantitative estimate of drug-likeness (QED) is 0.687. The van der Waals surface area contributed by atoms with Crippen LogP contribution in [0.25, 0.3) is 5.70 Å². The first-order valence-electron chi connectivity index (χ1n) is 7.38. The minimum atomic E-state index is -0.708. The van der Waals surface area contributed by atoms with Crippen LogP contribution in [0.4, 0.5) is 0 Å². The van der Waals surface area contributed by atoms with Crippen molar-refractivity contribution in [3.63, 3.8) is 0 Å². The van der Waals surface area contributed by atoms with Crippen LogP contribution in [-0.4, -0.2) is 10.8 Å². The molecule has 0 unspecified atom stereocenters. The number of amides is 1. The van der Waals surface area contributed by atoms with Gasteiger partial charge in [-0.3, -0.25) is 4.79 Å². The molecule has 0 atom stereocenters. The summed E-state index contributed by atoms with van der Waals surface area (Å²) in [5.74, 6) is -0.708. The average molecular weight is 333 g/mol. The smallest absolute Gasteiger partial charge is 0.262 e. The molecule has 2 N–H and O–H groups in total. The van der Waals surface area contributed by atoms with Gasteiger partial charge in [0.15, 0.2) is 0 Å². The third kappa shape index (κ3) is 3.19. The molecule has 0 radical (unpaired) electrons. The molecule has 0 spiro atoms. The molecular formula is C19H15N3OS. The average Bonchev–Trinajstić information content (AvgIpc) is 3.00. The van der Waals surface area contributed by atoms with Gasteiger partial charge in [-0.05, 0) is 11.1 Å². The molecule has 0 fully saturated rings. The number of primary amides is 1. The SMILES string of the molecule is N#C/C(C(N)=O)=C1/SC=C(c2ccccc2)N1Cc1ccccc1. The Balaban J connectivity index is 2.04. The summed E-state index contributed by atoms with van der Waals surface area (Å²) in [5.41, 5.74) is 8.43. The molecule has 24 heavy (non-hydrogen) atoms. The van der Waals surface area contributed by atoms with Crippen LogP contribution in [0.15, 0.2) is 76.7 Å². The van der Waals surface area contributed by atoms with E-state index in [1.807, 2.05) is 77.0 Å². The van der Waals surface area contributed by atoms with E-state index >= 15 is 0 Å². The maximum absolute atomic E-state index is 11.6. The number of hydrogen-bond donors (Lipinski definition) is 1. The summed E-state index contributed by atoms with van der Waals surface area (Å²) in [5, 5.41) is 11.9. The molecular weight excluding hydrogens is 318 g/mol. The highest BCUT2D eigenvalue weighted by Gasteiger charge is 2.27. The van der Waals surface area contributed by atoms with Gasteiger partial charge in [0.2, 0.25) is 0 Å². The van der Waals surface area contributed by atoms with Crippen LogP contribution < -0.4 is 5.73 Å². The molecule has 0 aliphatic carbocycles. The molecule has 118 valence electrons. The van der Waals surface area contributed by atoms with Crippen molar-refractivity contribution in [2.24, 2.45) is 5.73 Å². The van der Waals surface area contributed by atoms with Gasteiger partial charge in [0.05, 0.1) is 5.70 Å². The van der Waals surface area contributed by atoms with E-state index in [-0.39, 0.29) is 5.57 Å². The van der Waals surface area contributed by atoms with E-state index in [0.29, 0.717) is 11.6 Å². The predicted molar refractivity (Wildman–Crippen MR) is 95.8 cm³/mol. The van der Waals surface area contributed by atoms with E-state index in [1.54, 1.807) is 0 Å². The second-order valence-electron chi connectivity index (χ2n) is 5.21. The molecule has 0 saturated heterocycles. The Kier molecular flexibility index (Phi) is 4.69. The maximum atomic E-state index is 11.6. The first kappa shape index (κ1) is 15.9. The lowest BCUT2D eigenvalue weighted by atomic mass is 10.1. The van der Waals surface area contributed by atoms with E-state index in [0.717, 1.165) is 16.8 Å². The number of carbonyl (C=O) groups is 1. The predicted octanol–water partition coefficient (Wildman–Crippen LogP) is 3.45. The lowest BCUT2D eigenvalue weighted by Crippen LogP contribution is -2.22. The summed E-state index contributed by atoms with van der Waals surface area (Å²) >= 11 is 1.35. The van der Waals surface area contributed by atoms with E-state index < -0.39 is 5.91 Å². The molecule has 0 aromatic heterocycles. The van der Waals surface area contributed by atoms with Gasteiger partial charge in [0, 0.05) is 12.0 Å². The van der Waals surface area contributed by atoms with Crippen LogP contribution in [-0.2, 0) is 11.3 Å². The second-order valence-corrected chi connectivity index (χ2v) is 6.07.